The molecule has 0 bridgehead atoms. The van der Waals surface area contributed by atoms with E-state index >= 15 is 0 Å². The van der Waals surface area contributed by atoms with Gasteiger partial charge in [-0.25, -0.2) is 4.39 Å². The number of rotatable bonds is 9. The van der Waals surface area contributed by atoms with Gasteiger partial charge in [-0.2, -0.15) is 0 Å². The molecule has 3 heterocycles. The van der Waals surface area contributed by atoms with Crippen LogP contribution >= 0.6 is 0 Å². The van der Waals surface area contributed by atoms with Crippen LogP contribution < -0.4 is 15.0 Å². The highest BCUT2D eigenvalue weighted by molar-refractivity contribution is 5.48. The number of nitrogens with zero attached hydrogens (tertiary/aromatic N) is 2. The summed E-state index contributed by atoms with van der Waals surface area (Å²) in [5, 5.41) is 3.46. The summed E-state index contributed by atoms with van der Waals surface area (Å²) >= 11 is 0. The quantitative estimate of drug-likeness (QED) is 0.625. The first-order valence-corrected chi connectivity index (χ1v) is 11.1. The van der Waals surface area contributed by atoms with E-state index in [9.17, 15) is 4.39 Å². The Morgan fingerprint density at radius 1 is 1.13 bits per heavy atom. The summed E-state index contributed by atoms with van der Waals surface area (Å²) in [4.78, 5) is 6.79. The van der Waals surface area contributed by atoms with Gasteiger partial charge in [0.25, 0.3) is 0 Å². The van der Waals surface area contributed by atoms with Crippen LogP contribution in [0.3, 0.4) is 0 Å². The fraction of sp³-hybridized carbons (Fsp3) is 0.542. The minimum Gasteiger partial charge on any atom is -0.490 e. The number of hydrogen-bond acceptors (Lipinski definition) is 5. The molecule has 2 aliphatic heterocycles. The molecular formula is C24H32FN3O2. The summed E-state index contributed by atoms with van der Waals surface area (Å²) < 4.78 is 24.9. The van der Waals surface area contributed by atoms with Crippen LogP contribution in [0.4, 0.5) is 10.1 Å². The summed E-state index contributed by atoms with van der Waals surface area (Å²) in [5.74, 6) is 1.33. The van der Waals surface area contributed by atoms with E-state index < -0.39 is 0 Å². The smallest absolute Gasteiger partial charge is 0.139 e. The normalized spacial score (nSPS) is 19.9. The molecular weight excluding hydrogens is 381 g/mol. The Balaban J connectivity index is 1.16. The lowest BCUT2D eigenvalue weighted by Gasteiger charge is -2.33. The first-order valence-electron chi connectivity index (χ1n) is 11.1. The zero-order valence-corrected chi connectivity index (χ0v) is 17.6. The Labute approximate surface area is 178 Å². The van der Waals surface area contributed by atoms with E-state index in [-0.39, 0.29) is 5.82 Å². The largest absolute Gasteiger partial charge is 0.490 e. The molecule has 1 aromatic carbocycles. The summed E-state index contributed by atoms with van der Waals surface area (Å²) in [5.41, 5.74) is 2.04. The molecule has 0 amide bonds. The summed E-state index contributed by atoms with van der Waals surface area (Å²) in [6, 6.07) is 9.20. The Morgan fingerprint density at radius 3 is 2.83 bits per heavy atom. The van der Waals surface area contributed by atoms with Crippen molar-refractivity contribution in [3.63, 3.8) is 0 Å². The molecule has 0 aliphatic carbocycles. The topological polar surface area (TPSA) is 46.6 Å². The molecule has 5 nitrogen and oxygen atoms in total. The van der Waals surface area contributed by atoms with Crippen LogP contribution in [0.25, 0.3) is 0 Å². The van der Waals surface area contributed by atoms with Crippen LogP contribution in [-0.4, -0.2) is 43.9 Å². The van der Waals surface area contributed by atoms with Gasteiger partial charge >= 0.3 is 0 Å². The van der Waals surface area contributed by atoms with E-state index in [0.29, 0.717) is 25.2 Å². The second-order valence-electron chi connectivity index (χ2n) is 8.38. The summed E-state index contributed by atoms with van der Waals surface area (Å²) in [7, 11) is 0. The highest BCUT2D eigenvalue weighted by Gasteiger charge is 2.20. The number of piperidine rings is 1. The third kappa shape index (κ3) is 6.16. The van der Waals surface area contributed by atoms with Crippen molar-refractivity contribution in [3.05, 3.63) is 54.1 Å². The Hall–Kier alpha value is -2.18. The maximum Gasteiger partial charge on any atom is 0.139 e. The summed E-state index contributed by atoms with van der Waals surface area (Å²) in [6.07, 6.45) is 9.52. The zero-order chi connectivity index (χ0) is 20.6. The predicted octanol–water partition coefficient (Wildman–Crippen LogP) is 4.17. The fourth-order valence-electron chi connectivity index (χ4n) is 4.30. The van der Waals surface area contributed by atoms with Gasteiger partial charge in [-0.05, 0) is 62.3 Å². The molecule has 30 heavy (non-hydrogen) atoms. The van der Waals surface area contributed by atoms with Gasteiger partial charge in [-0.15, -0.1) is 0 Å². The van der Waals surface area contributed by atoms with Gasteiger partial charge in [0.2, 0.25) is 0 Å². The molecule has 0 spiro atoms. The van der Waals surface area contributed by atoms with Crippen molar-refractivity contribution in [1.82, 2.24) is 10.3 Å². The number of benzene rings is 1. The maximum atomic E-state index is 13.2. The lowest BCUT2D eigenvalue weighted by Crippen LogP contribution is -2.34. The molecule has 1 unspecified atom stereocenters. The molecule has 1 atom stereocenters. The third-order valence-electron chi connectivity index (χ3n) is 6.12. The van der Waals surface area contributed by atoms with Gasteiger partial charge in [0.1, 0.15) is 18.2 Å². The van der Waals surface area contributed by atoms with Crippen molar-refractivity contribution in [2.75, 3.05) is 37.7 Å². The highest BCUT2D eigenvalue weighted by atomic mass is 19.1. The van der Waals surface area contributed by atoms with Gasteiger partial charge in [0.15, 0.2) is 0 Å². The highest BCUT2D eigenvalue weighted by Crippen LogP contribution is 2.27. The van der Waals surface area contributed by atoms with Gasteiger partial charge in [-0.3, -0.25) is 4.98 Å². The van der Waals surface area contributed by atoms with E-state index in [4.69, 9.17) is 9.47 Å². The number of hydrogen-bond donors (Lipinski definition) is 1. The van der Waals surface area contributed by atoms with Gasteiger partial charge < -0.3 is 19.7 Å². The van der Waals surface area contributed by atoms with Crippen molar-refractivity contribution >= 4 is 5.69 Å². The van der Waals surface area contributed by atoms with E-state index in [1.807, 2.05) is 12.3 Å². The van der Waals surface area contributed by atoms with Gasteiger partial charge in [-0.1, -0.05) is 12.1 Å². The molecule has 4 rings (SSSR count). The number of halogens is 1. The first-order chi connectivity index (χ1) is 14.8. The number of nitrogens with one attached hydrogen (secondary N) is 1. The summed E-state index contributed by atoms with van der Waals surface area (Å²) in [6.45, 7) is 5.07. The second-order valence-corrected chi connectivity index (χ2v) is 8.38. The average molecular weight is 414 g/mol. The van der Waals surface area contributed by atoms with Crippen molar-refractivity contribution in [2.24, 2.45) is 5.92 Å². The Bertz CT molecular complexity index is 790. The molecule has 0 radical (unpaired) electrons. The molecule has 162 valence electrons. The minimum absolute atomic E-state index is 0.206. The molecule has 2 aliphatic rings. The molecule has 1 aromatic heterocycles. The van der Waals surface area contributed by atoms with Crippen LogP contribution in [0.5, 0.6) is 5.75 Å². The molecule has 2 fully saturated rings. The standard InChI is InChI=1S/C24H32FN3O2/c25-21-4-1-3-20(13-21)17-29-12-8-19-6-10-28(11-7-19)23-14-24(16-26-15-23)30-18-22-5-2-9-27-22/h1,3-4,13-16,19,22,27H,2,5-12,17-18H2. The molecule has 1 N–H and O–H groups in total. The van der Waals surface area contributed by atoms with Crippen molar-refractivity contribution in [1.29, 1.82) is 0 Å². The predicted molar refractivity (Wildman–Crippen MR) is 116 cm³/mol. The van der Waals surface area contributed by atoms with Crippen LogP contribution in [0, 0.1) is 11.7 Å². The van der Waals surface area contributed by atoms with Crippen molar-refractivity contribution < 1.29 is 13.9 Å². The molecule has 6 heteroatoms. The maximum absolute atomic E-state index is 13.2. The van der Waals surface area contributed by atoms with Crippen LogP contribution in [0.1, 0.15) is 37.7 Å². The average Bonchev–Trinajstić information content (AvgIpc) is 3.30. The van der Waals surface area contributed by atoms with Crippen molar-refractivity contribution in [2.45, 2.75) is 44.8 Å². The monoisotopic (exact) mass is 413 g/mol. The lowest BCUT2D eigenvalue weighted by molar-refractivity contribution is 0.103. The van der Waals surface area contributed by atoms with Crippen LogP contribution in [0.15, 0.2) is 42.7 Å². The molecule has 2 aromatic rings. The number of pyridine rings is 1. The molecule has 2 saturated heterocycles. The lowest BCUT2D eigenvalue weighted by atomic mass is 9.94. The third-order valence-corrected chi connectivity index (χ3v) is 6.12. The SMILES string of the molecule is Fc1cccc(COCCC2CCN(c3cncc(OCC4CCCN4)c3)CC2)c1. The molecule has 0 saturated carbocycles. The minimum atomic E-state index is -0.206. The second kappa shape index (κ2) is 10.7. The van der Waals surface area contributed by atoms with E-state index in [1.54, 1.807) is 12.3 Å². The van der Waals surface area contributed by atoms with Gasteiger partial charge in [0, 0.05) is 31.8 Å². The fourth-order valence-corrected chi connectivity index (χ4v) is 4.30. The Kier molecular flexibility index (Phi) is 7.54. The first kappa shape index (κ1) is 21.1. The number of aromatic nitrogens is 1. The van der Waals surface area contributed by atoms with E-state index in [0.717, 1.165) is 62.5 Å². The van der Waals surface area contributed by atoms with Crippen LogP contribution in [-0.2, 0) is 11.3 Å². The van der Waals surface area contributed by atoms with E-state index in [1.165, 1.54) is 25.0 Å². The van der Waals surface area contributed by atoms with E-state index in [2.05, 4.69) is 21.3 Å². The number of anilines is 1. The van der Waals surface area contributed by atoms with Crippen molar-refractivity contribution in [3.8, 4) is 5.75 Å². The van der Waals surface area contributed by atoms with Gasteiger partial charge in [0.05, 0.1) is 24.7 Å². The zero-order valence-electron chi connectivity index (χ0n) is 17.6. The number of ether oxygens (including phenoxy) is 2. The van der Waals surface area contributed by atoms with Crippen LogP contribution in [0.2, 0.25) is 0 Å². The Morgan fingerprint density at radius 2 is 2.03 bits per heavy atom.